The van der Waals surface area contributed by atoms with Gasteiger partial charge >= 0.3 is 0 Å². The summed E-state index contributed by atoms with van der Waals surface area (Å²) in [5, 5.41) is 0. The van der Waals surface area contributed by atoms with Crippen molar-refractivity contribution < 1.29 is 18.0 Å². The Morgan fingerprint density at radius 3 is 2.81 bits per heavy atom. The van der Waals surface area contributed by atoms with E-state index in [0.717, 1.165) is 32.1 Å². The molecule has 6 heteroatoms. The topological polar surface area (TPSA) is 64.6 Å². The summed E-state index contributed by atoms with van der Waals surface area (Å²) in [6.07, 6.45) is 4.95. The molecule has 0 spiro atoms. The SMILES string of the molecule is CCCCCS(=O)(=O)NOC1CCCCO1. The number of hydrogen-bond acceptors (Lipinski definition) is 4. The summed E-state index contributed by atoms with van der Waals surface area (Å²) in [5.74, 6) is 0.119. The molecule has 1 atom stereocenters. The first-order valence-corrected chi connectivity index (χ1v) is 7.56. The van der Waals surface area contributed by atoms with Crippen LogP contribution in [0.15, 0.2) is 0 Å². The van der Waals surface area contributed by atoms with Crippen LogP contribution in [-0.4, -0.2) is 27.1 Å². The molecule has 1 saturated heterocycles. The molecule has 1 fully saturated rings. The second kappa shape index (κ2) is 7.21. The van der Waals surface area contributed by atoms with Crippen LogP contribution >= 0.6 is 0 Å². The van der Waals surface area contributed by atoms with E-state index >= 15 is 0 Å². The third kappa shape index (κ3) is 5.79. The van der Waals surface area contributed by atoms with Crippen LogP contribution in [0.3, 0.4) is 0 Å². The van der Waals surface area contributed by atoms with Gasteiger partial charge < -0.3 is 4.74 Å². The Balaban J connectivity index is 2.18. The van der Waals surface area contributed by atoms with Crippen molar-refractivity contribution in [2.75, 3.05) is 12.4 Å². The fraction of sp³-hybridized carbons (Fsp3) is 1.00. The van der Waals surface area contributed by atoms with Crippen LogP contribution in [0, 0.1) is 0 Å². The van der Waals surface area contributed by atoms with Crippen LogP contribution in [0.1, 0.15) is 45.4 Å². The highest BCUT2D eigenvalue weighted by atomic mass is 32.2. The zero-order valence-electron chi connectivity index (χ0n) is 9.78. The van der Waals surface area contributed by atoms with Crippen LogP contribution < -0.4 is 4.89 Å². The second-order valence-electron chi connectivity index (χ2n) is 4.02. The average Bonchev–Trinajstić information content (AvgIpc) is 2.28. The minimum atomic E-state index is -3.31. The molecule has 0 aromatic rings. The van der Waals surface area contributed by atoms with Gasteiger partial charge in [0.15, 0.2) is 6.29 Å². The summed E-state index contributed by atoms with van der Waals surface area (Å²) in [4.78, 5) is 7.15. The molecule has 0 aliphatic carbocycles. The number of ether oxygens (including phenoxy) is 1. The lowest BCUT2D eigenvalue weighted by molar-refractivity contribution is -0.179. The van der Waals surface area contributed by atoms with E-state index < -0.39 is 16.3 Å². The molecule has 1 unspecified atom stereocenters. The monoisotopic (exact) mass is 251 g/mol. The van der Waals surface area contributed by atoms with Gasteiger partial charge in [0.25, 0.3) is 0 Å². The van der Waals surface area contributed by atoms with E-state index in [-0.39, 0.29) is 5.75 Å². The lowest BCUT2D eigenvalue weighted by Gasteiger charge is -2.22. The molecule has 0 bridgehead atoms. The van der Waals surface area contributed by atoms with Crippen molar-refractivity contribution in [1.82, 2.24) is 4.89 Å². The molecular weight excluding hydrogens is 230 g/mol. The van der Waals surface area contributed by atoms with E-state index in [4.69, 9.17) is 9.57 Å². The lowest BCUT2D eigenvalue weighted by Crippen LogP contribution is -2.34. The Bertz CT molecular complexity index is 273. The van der Waals surface area contributed by atoms with Crippen molar-refractivity contribution >= 4 is 10.0 Å². The van der Waals surface area contributed by atoms with Gasteiger partial charge in [-0.3, -0.25) is 4.84 Å². The highest BCUT2D eigenvalue weighted by Gasteiger charge is 2.17. The number of hydrogen-bond donors (Lipinski definition) is 1. The van der Waals surface area contributed by atoms with Gasteiger partial charge in [-0.1, -0.05) is 24.7 Å². The van der Waals surface area contributed by atoms with Crippen molar-refractivity contribution in [2.24, 2.45) is 0 Å². The van der Waals surface area contributed by atoms with E-state index in [1.807, 2.05) is 6.92 Å². The highest BCUT2D eigenvalue weighted by molar-refractivity contribution is 7.89. The van der Waals surface area contributed by atoms with E-state index in [2.05, 4.69) is 4.89 Å². The van der Waals surface area contributed by atoms with Gasteiger partial charge in [-0.2, -0.15) is 0 Å². The van der Waals surface area contributed by atoms with E-state index in [0.29, 0.717) is 13.0 Å². The second-order valence-corrected chi connectivity index (χ2v) is 5.83. The van der Waals surface area contributed by atoms with Crippen LogP contribution in [0.4, 0.5) is 0 Å². The standard InChI is InChI=1S/C10H21NO4S/c1-2-3-6-9-16(12,13)11-15-10-7-4-5-8-14-10/h10-11H,2-9H2,1H3. The molecule has 0 radical (unpaired) electrons. The van der Waals surface area contributed by atoms with Crippen molar-refractivity contribution in [2.45, 2.75) is 51.7 Å². The molecular formula is C10H21NO4S. The summed E-state index contributed by atoms with van der Waals surface area (Å²) in [7, 11) is -3.31. The summed E-state index contributed by atoms with van der Waals surface area (Å²) in [6, 6.07) is 0. The van der Waals surface area contributed by atoms with Gasteiger partial charge in [0.05, 0.1) is 5.75 Å². The largest absolute Gasteiger partial charge is 0.351 e. The zero-order valence-corrected chi connectivity index (χ0v) is 10.6. The van der Waals surface area contributed by atoms with Gasteiger partial charge in [0.1, 0.15) is 0 Å². The Hall–Kier alpha value is -0.170. The van der Waals surface area contributed by atoms with Crippen molar-refractivity contribution in [3.8, 4) is 0 Å². The predicted octanol–water partition coefficient (Wildman–Crippen LogP) is 1.55. The smallest absolute Gasteiger partial charge is 0.233 e. The number of unbranched alkanes of at least 4 members (excludes halogenated alkanes) is 2. The Kier molecular flexibility index (Phi) is 6.26. The molecule has 1 heterocycles. The summed E-state index contributed by atoms with van der Waals surface area (Å²) in [6.45, 7) is 2.68. The Morgan fingerprint density at radius 1 is 1.38 bits per heavy atom. The number of nitrogens with one attached hydrogen (secondary N) is 1. The number of sulfonamides is 1. The molecule has 0 amide bonds. The van der Waals surface area contributed by atoms with Crippen LogP contribution in [-0.2, 0) is 19.6 Å². The summed E-state index contributed by atoms with van der Waals surface area (Å²) >= 11 is 0. The summed E-state index contributed by atoms with van der Waals surface area (Å²) < 4.78 is 28.2. The molecule has 0 aromatic heterocycles. The molecule has 1 aliphatic heterocycles. The predicted molar refractivity (Wildman–Crippen MR) is 61.1 cm³/mol. The molecule has 1 aliphatic rings. The quantitative estimate of drug-likeness (QED) is 0.551. The average molecular weight is 251 g/mol. The Labute approximate surface area is 97.5 Å². The molecule has 16 heavy (non-hydrogen) atoms. The third-order valence-electron chi connectivity index (χ3n) is 2.46. The van der Waals surface area contributed by atoms with Crippen LogP contribution in [0.5, 0.6) is 0 Å². The minimum Gasteiger partial charge on any atom is -0.351 e. The molecule has 0 saturated carbocycles. The first-order chi connectivity index (χ1) is 7.64. The molecule has 96 valence electrons. The van der Waals surface area contributed by atoms with E-state index in [9.17, 15) is 8.42 Å². The summed E-state index contributed by atoms with van der Waals surface area (Å²) in [5.41, 5.74) is 0. The van der Waals surface area contributed by atoms with Crippen molar-refractivity contribution in [1.29, 1.82) is 0 Å². The van der Waals surface area contributed by atoms with Gasteiger partial charge in [-0.25, -0.2) is 8.42 Å². The highest BCUT2D eigenvalue weighted by Crippen LogP contribution is 2.12. The van der Waals surface area contributed by atoms with Crippen molar-refractivity contribution in [3.05, 3.63) is 0 Å². The molecule has 5 nitrogen and oxygen atoms in total. The van der Waals surface area contributed by atoms with Gasteiger partial charge in [-0.05, 0) is 19.3 Å². The van der Waals surface area contributed by atoms with Gasteiger partial charge in [0.2, 0.25) is 10.0 Å². The van der Waals surface area contributed by atoms with Gasteiger partial charge in [-0.15, -0.1) is 0 Å². The van der Waals surface area contributed by atoms with Crippen LogP contribution in [0.2, 0.25) is 0 Å². The van der Waals surface area contributed by atoms with Crippen molar-refractivity contribution in [3.63, 3.8) is 0 Å². The Morgan fingerprint density at radius 2 is 2.19 bits per heavy atom. The van der Waals surface area contributed by atoms with E-state index in [1.165, 1.54) is 0 Å². The minimum absolute atomic E-state index is 0.119. The maximum atomic E-state index is 11.5. The first kappa shape index (κ1) is 13.9. The third-order valence-corrected chi connectivity index (χ3v) is 3.64. The fourth-order valence-corrected chi connectivity index (χ4v) is 2.44. The fourth-order valence-electron chi connectivity index (χ4n) is 1.51. The number of rotatable bonds is 7. The maximum absolute atomic E-state index is 11.5. The molecule has 1 N–H and O–H groups in total. The maximum Gasteiger partial charge on any atom is 0.233 e. The normalized spacial score (nSPS) is 22.2. The van der Waals surface area contributed by atoms with Crippen LogP contribution in [0.25, 0.3) is 0 Å². The first-order valence-electron chi connectivity index (χ1n) is 5.91. The zero-order chi connectivity index (χ0) is 11.9. The molecule has 1 rings (SSSR count). The van der Waals surface area contributed by atoms with Gasteiger partial charge in [0, 0.05) is 13.0 Å². The lowest BCUT2D eigenvalue weighted by atomic mass is 10.2. The molecule has 0 aromatic carbocycles. The van der Waals surface area contributed by atoms with E-state index in [1.54, 1.807) is 0 Å².